The van der Waals surface area contributed by atoms with E-state index in [1.165, 1.54) is 5.56 Å². The lowest BCUT2D eigenvalue weighted by atomic mass is 10.0. The third kappa shape index (κ3) is 2.49. The number of hydrogen-bond donors (Lipinski definition) is 2. The molecule has 82 valence electrons. The molecule has 0 aliphatic carbocycles. The predicted molar refractivity (Wildman–Crippen MR) is 66.2 cm³/mol. The minimum absolute atomic E-state index is 0.144. The van der Waals surface area contributed by atoms with E-state index >= 15 is 0 Å². The summed E-state index contributed by atoms with van der Waals surface area (Å²) >= 11 is 3.42. The monoisotopic (exact) mass is 269 g/mol. The van der Waals surface area contributed by atoms with Gasteiger partial charge in [-0.2, -0.15) is 0 Å². The predicted octanol–water partition coefficient (Wildman–Crippen LogP) is 2.32. The zero-order chi connectivity index (χ0) is 10.9. The van der Waals surface area contributed by atoms with Crippen molar-refractivity contribution < 1.29 is 0 Å². The molecule has 1 aromatic heterocycles. The number of halogens is 1. The molecule has 1 aromatic rings. The summed E-state index contributed by atoms with van der Waals surface area (Å²) in [6.45, 7) is 6.39. The topological polar surface area (TPSA) is 37.0 Å². The molecule has 2 heterocycles. The molecule has 0 bridgehead atoms. The second-order valence-electron chi connectivity index (χ2n) is 4.43. The number of rotatable bonds is 2. The summed E-state index contributed by atoms with van der Waals surface area (Å²) in [4.78, 5) is 4.40. The molecule has 0 aromatic carbocycles. The van der Waals surface area contributed by atoms with Crippen molar-refractivity contribution in [2.24, 2.45) is 0 Å². The van der Waals surface area contributed by atoms with Gasteiger partial charge in [0, 0.05) is 22.8 Å². The number of nitrogens with one attached hydrogen (secondary N) is 2. The summed E-state index contributed by atoms with van der Waals surface area (Å²) in [6.07, 6.45) is 2.98. The van der Waals surface area contributed by atoms with Gasteiger partial charge in [-0.1, -0.05) is 0 Å². The minimum atomic E-state index is 0.144. The number of hydrogen-bond acceptors (Lipinski definition) is 3. The van der Waals surface area contributed by atoms with Gasteiger partial charge < -0.3 is 10.6 Å². The fourth-order valence-corrected chi connectivity index (χ4v) is 2.33. The maximum absolute atomic E-state index is 4.40. The van der Waals surface area contributed by atoms with Gasteiger partial charge in [-0.3, -0.25) is 0 Å². The first-order valence-electron chi connectivity index (χ1n) is 5.20. The second-order valence-corrected chi connectivity index (χ2v) is 5.35. The lowest BCUT2D eigenvalue weighted by Gasteiger charge is -2.26. The SMILES string of the molecule is Cc1cc(Br)cnc1NC1(C)CCNC1. The van der Waals surface area contributed by atoms with Crippen LogP contribution in [-0.4, -0.2) is 23.6 Å². The van der Waals surface area contributed by atoms with Crippen LogP contribution in [0.4, 0.5) is 5.82 Å². The quantitative estimate of drug-likeness (QED) is 0.866. The van der Waals surface area contributed by atoms with Crippen molar-refractivity contribution in [3.8, 4) is 0 Å². The maximum atomic E-state index is 4.40. The highest BCUT2D eigenvalue weighted by atomic mass is 79.9. The Balaban J connectivity index is 2.16. The Morgan fingerprint density at radius 2 is 2.40 bits per heavy atom. The van der Waals surface area contributed by atoms with Crippen LogP contribution in [0.15, 0.2) is 16.7 Å². The summed E-state index contributed by atoms with van der Waals surface area (Å²) in [5.74, 6) is 0.990. The Morgan fingerprint density at radius 1 is 1.60 bits per heavy atom. The summed E-state index contributed by atoms with van der Waals surface area (Å²) < 4.78 is 1.03. The molecule has 1 unspecified atom stereocenters. The second kappa shape index (κ2) is 4.10. The molecular formula is C11H16BrN3. The van der Waals surface area contributed by atoms with Crippen LogP contribution in [-0.2, 0) is 0 Å². The molecule has 1 aliphatic rings. The lowest BCUT2D eigenvalue weighted by molar-refractivity contribution is 0.563. The highest BCUT2D eigenvalue weighted by Crippen LogP contribution is 2.23. The van der Waals surface area contributed by atoms with Crippen molar-refractivity contribution in [1.29, 1.82) is 0 Å². The molecule has 0 amide bonds. The average Bonchev–Trinajstić information content (AvgIpc) is 2.58. The van der Waals surface area contributed by atoms with Crippen LogP contribution in [0.2, 0.25) is 0 Å². The summed E-state index contributed by atoms with van der Waals surface area (Å²) in [5, 5.41) is 6.88. The standard InChI is InChI=1S/C11H16BrN3/c1-8-5-9(12)6-14-10(8)15-11(2)3-4-13-7-11/h5-6,13H,3-4,7H2,1-2H3,(H,14,15). The summed E-state index contributed by atoms with van der Waals surface area (Å²) in [7, 11) is 0. The van der Waals surface area contributed by atoms with Crippen molar-refractivity contribution in [2.45, 2.75) is 25.8 Å². The van der Waals surface area contributed by atoms with E-state index in [0.717, 1.165) is 29.8 Å². The smallest absolute Gasteiger partial charge is 0.129 e. The highest BCUT2D eigenvalue weighted by Gasteiger charge is 2.28. The third-order valence-electron chi connectivity index (χ3n) is 2.83. The number of nitrogens with zero attached hydrogens (tertiary/aromatic N) is 1. The fraction of sp³-hybridized carbons (Fsp3) is 0.545. The molecule has 0 radical (unpaired) electrons. The van der Waals surface area contributed by atoms with Gasteiger partial charge >= 0.3 is 0 Å². The van der Waals surface area contributed by atoms with Gasteiger partial charge in [-0.15, -0.1) is 0 Å². The Morgan fingerprint density at radius 3 is 3.00 bits per heavy atom. The summed E-state index contributed by atoms with van der Waals surface area (Å²) in [5.41, 5.74) is 1.32. The van der Waals surface area contributed by atoms with Crippen LogP contribution in [0.5, 0.6) is 0 Å². The molecule has 2 N–H and O–H groups in total. The van der Waals surface area contributed by atoms with Crippen molar-refractivity contribution in [3.63, 3.8) is 0 Å². The van der Waals surface area contributed by atoms with E-state index in [1.807, 2.05) is 6.20 Å². The Kier molecular flexibility index (Phi) is 2.98. The zero-order valence-corrected chi connectivity index (χ0v) is 10.7. The first kappa shape index (κ1) is 10.9. The number of anilines is 1. The van der Waals surface area contributed by atoms with Gasteiger partial charge in [0.05, 0.1) is 0 Å². The minimum Gasteiger partial charge on any atom is -0.363 e. The van der Waals surface area contributed by atoms with E-state index in [0.29, 0.717) is 0 Å². The van der Waals surface area contributed by atoms with E-state index in [2.05, 4.69) is 51.5 Å². The Hall–Kier alpha value is -0.610. The fourth-order valence-electron chi connectivity index (χ4n) is 1.88. The van der Waals surface area contributed by atoms with Crippen molar-refractivity contribution >= 4 is 21.7 Å². The molecular weight excluding hydrogens is 254 g/mol. The maximum Gasteiger partial charge on any atom is 0.129 e. The van der Waals surface area contributed by atoms with E-state index < -0.39 is 0 Å². The molecule has 1 atom stereocenters. The lowest BCUT2D eigenvalue weighted by Crippen LogP contribution is -2.37. The normalized spacial score (nSPS) is 25.5. The van der Waals surface area contributed by atoms with Crippen LogP contribution in [0, 0.1) is 6.92 Å². The van der Waals surface area contributed by atoms with Gasteiger partial charge in [0.2, 0.25) is 0 Å². The van der Waals surface area contributed by atoms with Gasteiger partial charge in [-0.25, -0.2) is 4.98 Å². The largest absolute Gasteiger partial charge is 0.363 e. The van der Waals surface area contributed by atoms with Crippen molar-refractivity contribution in [1.82, 2.24) is 10.3 Å². The Bertz CT molecular complexity index is 359. The van der Waals surface area contributed by atoms with Crippen LogP contribution >= 0.6 is 15.9 Å². The van der Waals surface area contributed by atoms with E-state index in [9.17, 15) is 0 Å². The zero-order valence-electron chi connectivity index (χ0n) is 9.10. The van der Waals surface area contributed by atoms with Gasteiger partial charge in [-0.05, 0) is 54.4 Å². The first-order chi connectivity index (χ1) is 7.09. The third-order valence-corrected chi connectivity index (χ3v) is 3.27. The summed E-state index contributed by atoms with van der Waals surface area (Å²) in [6, 6.07) is 2.08. The van der Waals surface area contributed by atoms with Crippen LogP contribution in [0.3, 0.4) is 0 Å². The van der Waals surface area contributed by atoms with E-state index in [4.69, 9.17) is 0 Å². The Labute approximate surface area is 98.8 Å². The van der Waals surface area contributed by atoms with Gasteiger partial charge in [0.25, 0.3) is 0 Å². The van der Waals surface area contributed by atoms with Gasteiger partial charge in [0.1, 0.15) is 5.82 Å². The molecule has 15 heavy (non-hydrogen) atoms. The molecule has 0 spiro atoms. The van der Waals surface area contributed by atoms with Gasteiger partial charge in [0.15, 0.2) is 0 Å². The molecule has 3 nitrogen and oxygen atoms in total. The highest BCUT2D eigenvalue weighted by molar-refractivity contribution is 9.10. The van der Waals surface area contributed by atoms with Crippen LogP contribution < -0.4 is 10.6 Å². The molecule has 1 saturated heterocycles. The van der Waals surface area contributed by atoms with Crippen molar-refractivity contribution in [3.05, 3.63) is 22.3 Å². The number of pyridine rings is 1. The average molecular weight is 270 g/mol. The molecule has 1 fully saturated rings. The van der Waals surface area contributed by atoms with Crippen LogP contribution in [0.1, 0.15) is 18.9 Å². The number of aromatic nitrogens is 1. The first-order valence-corrected chi connectivity index (χ1v) is 5.99. The number of aryl methyl sites for hydroxylation is 1. The molecule has 1 aliphatic heterocycles. The van der Waals surface area contributed by atoms with E-state index in [-0.39, 0.29) is 5.54 Å². The van der Waals surface area contributed by atoms with Crippen LogP contribution in [0.25, 0.3) is 0 Å². The molecule has 4 heteroatoms. The van der Waals surface area contributed by atoms with E-state index in [1.54, 1.807) is 0 Å². The molecule has 0 saturated carbocycles. The van der Waals surface area contributed by atoms with Crippen molar-refractivity contribution in [2.75, 3.05) is 18.4 Å². The molecule has 2 rings (SSSR count).